The van der Waals surface area contributed by atoms with Crippen LogP contribution in [0.4, 0.5) is 0 Å². The van der Waals surface area contributed by atoms with E-state index in [0.29, 0.717) is 11.1 Å². The Balaban J connectivity index is 0.000000177. The molecule has 0 N–H and O–H groups in total. The van der Waals surface area contributed by atoms with Gasteiger partial charge in [0.1, 0.15) is 4.91 Å². The summed E-state index contributed by atoms with van der Waals surface area (Å²) in [7, 11) is -7.96. The van der Waals surface area contributed by atoms with Gasteiger partial charge in [0.25, 0.3) is 0 Å². The molecule has 4 heterocycles. The van der Waals surface area contributed by atoms with Crippen LogP contribution in [0.2, 0.25) is 0 Å². The zero-order chi connectivity index (χ0) is 44.1. The maximum absolute atomic E-state index is 12.9. The van der Waals surface area contributed by atoms with Gasteiger partial charge in [-0.2, -0.15) is 0 Å². The van der Waals surface area contributed by atoms with Crippen molar-refractivity contribution >= 4 is 36.8 Å². The lowest BCUT2D eigenvalue weighted by atomic mass is 10.0. The molecule has 7 aromatic rings. The molecule has 63 heavy (non-hydrogen) atoms. The Labute approximate surface area is 368 Å². The number of benzene rings is 5. The number of carbonyl (C=O) groups excluding carboxylic acids is 1. The van der Waals surface area contributed by atoms with E-state index in [-0.39, 0.29) is 30.7 Å². The lowest BCUT2D eigenvalue weighted by Crippen LogP contribution is -2.34. The Hall–Kier alpha value is -7.27. The average molecular weight is 868 g/mol. The number of rotatable bonds is 9. The van der Waals surface area contributed by atoms with Crippen LogP contribution in [-0.4, -0.2) is 22.6 Å². The van der Waals surface area contributed by atoms with Gasteiger partial charge in [-0.3, -0.25) is 4.79 Å². The summed E-state index contributed by atoms with van der Waals surface area (Å²) in [5, 5.41) is 12.8. The Morgan fingerprint density at radius 1 is 0.556 bits per heavy atom. The fourth-order valence-electron chi connectivity index (χ4n) is 7.54. The van der Waals surface area contributed by atoms with E-state index in [1.165, 1.54) is 82.0 Å². The maximum Gasteiger partial charge on any atom is 0.211 e. The predicted octanol–water partition coefficient (Wildman–Crippen LogP) is 8.34. The van der Waals surface area contributed by atoms with Crippen molar-refractivity contribution in [1.29, 1.82) is 0 Å². The smallest absolute Gasteiger partial charge is 0.211 e. The number of sulfone groups is 2. The number of hydrogen-bond donors (Lipinski definition) is 0. The first-order valence-corrected chi connectivity index (χ1v) is 23.3. The molecule has 9 rings (SSSR count). The number of aryl methyl sites for hydroxylation is 2. The molecule has 2 aliphatic heterocycles. The molecule has 2 aromatic heterocycles. The second kappa shape index (κ2) is 18.0. The summed E-state index contributed by atoms with van der Waals surface area (Å²) in [5.41, 5.74) is 9.15. The van der Waals surface area contributed by atoms with Gasteiger partial charge in [0.05, 0.1) is 14.7 Å². The number of hydrogen-bond acceptors (Lipinski definition) is 6. The van der Waals surface area contributed by atoms with Crippen molar-refractivity contribution in [3.05, 3.63) is 250 Å². The topological polar surface area (TPSA) is 116 Å². The quantitative estimate of drug-likeness (QED) is 0.0819. The summed E-state index contributed by atoms with van der Waals surface area (Å²) in [6.07, 6.45) is 14.0. The first-order valence-electron chi connectivity index (χ1n) is 20.3. The monoisotopic (exact) mass is 867 g/mol. The zero-order valence-corrected chi connectivity index (χ0v) is 36.3. The van der Waals surface area contributed by atoms with Crippen LogP contribution < -0.4 is 14.2 Å². The molecule has 0 saturated heterocycles. The molecule has 0 spiro atoms. The van der Waals surface area contributed by atoms with Crippen LogP contribution in [0.25, 0.3) is 22.5 Å². The van der Waals surface area contributed by atoms with Gasteiger partial charge in [-0.05, 0) is 83.2 Å². The predicted molar refractivity (Wildman–Crippen MR) is 243 cm³/mol. The molecule has 10 heteroatoms. The number of pyridine rings is 2. The Kier molecular flexibility index (Phi) is 12.1. The van der Waals surface area contributed by atoms with Gasteiger partial charge < -0.3 is 5.11 Å². The molecule has 2 aliphatic rings. The van der Waals surface area contributed by atoms with Gasteiger partial charge >= 0.3 is 0 Å². The molecular weight excluding hydrogens is 825 g/mol. The molecule has 0 fully saturated rings. The normalized spacial score (nSPS) is 15.6. The lowest BCUT2D eigenvalue weighted by molar-refractivity contribution is -0.688. The maximum atomic E-state index is 12.9. The van der Waals surface area contributed by atoms with Gasteiger partial charge in [0.15, 0.2) is 37.9 Å². The zero-order valence-electron chi connectivity index (χ0n) is 34.6. The third kappa shape index (κ3) is 8.90. The SMILES string of the molecule is Cc1ccccc1C[n+]1ccc(-c2cc[n+](Cc3ccccc3C)cc2)cc1.O=C1C(=CC=C(C=CC2=C([O-])c3ccccc3S2(=O)=O)c2ccccc2)S(=O)(=O)c2ccccc21. The van der Waals surface area contributed by atoms with E-state index in [9.17, 15) is 26.7 Å². The molecule has 0 unspecified atom stereocenters. The molecule has 0 saturated carbocycles. The number of aromatic nitrogens is 2. The Morgan fingerprint density at radius 3 is 1.52 bits per heavy atom. The van der Waals surface area contributed by atoms with Crippen molar-refractivity contribution in [1.82, 2.24) is 0 Å². The van der Waals surface area contributed by atoms with Gasteiger partial charge in [0.2, 0.25) is 25.5 Å². The van der Waals surface area contributed by atoms with Crippen molar-refractivity contribution in [3.63, 3.8) is 0 Å². The highest BCUT2D eigenvalue weighted by atomic mass is 32.2. The molecule has 0 radical (unpaired) electrons. The number of carbonyl (C=O) groups is 1. The van der Waals surface area contributed by atoms with E-state index in [0.717, 1.165) is 13.1 Å². The minimum absolute atomic E-state index is 0.0441. The highest BCUT2D eigenvalue weighted by Crippen LogP contribution is 2.38. The minimum Gasteiger partial charge on any atom is -0.871 e. The van der Waals surface area contributed by atoms with Crippen molar-refractivity contribution in [3.8, 4) is 11.1 Å². The highest BCUT2D eigenvalue weighted by molar-refractivity contribution is 7.97. The van der Waals surface area contributed by atoms with Crippen LogP contribution in [0.3, 0.4) is 0 Å². The van der Waals surface area contributed by atoms with Crippen molar-refractivity contribution in [2.24, 2.45) is 0 Å². The molecule has 0 atom stereocenters. The summed E-state index contributed by atoms with van der Waals surface area (Å²) < 4.78 is 56.1. The van der Waals surface area contributed by atoms with Crippen LogP contribution in [0.5, 0.6) is 0 Å². The van der Waals surface area contributed by atoms with Gasteiger partial charge in [0, 0.05) is 41.0 Å². The lowest BCUT2D eigenvalue weighted by Gasteiger charge is -2.08. The largest absolute Gasteiger partial charge is 0.871 e. The summed E-state index contributed by atoms with van der Waals surface area (Å²) in [6.45, 7) is 6.14. The highest BCUT2D eigenvalue weighted by Gasteiger charge is 2.38. The van der Waals surface area contributed by atoms with E-state index < -0.39 is 31.2 Å². The number of nitrogens with zero attached hydrogens (tertiary/aromatic N) is 2. The molecule has 312 valence electrons. The van der Waals surface area contributed by atoms with Crippen LogP contribution in [0.15, 0.2) is 220 Å². The standard InChI is InChI=1S/C27H18O6S2.C26H26N2/c28-26-20-10-4-6-12-22(20)34(30,31)24(26)16-14-19(18-8-2-1-3-9-18)15-17-25-27(29)21-11-5-7-13-23(21)35(25,32)33;1-21-7-3-5-9-25(21)19-27-15-11-23(12-16-27)24-13-17-28(18-14-24)20-26-10-6-4-8-22(26)2/h1-17,28H;3-18H,19-20H2,1-2H3/q;+2/p-1. The summed E-state index contributed by atoms with van der Waals surface area (Å²) in [4.78, 5) is 11.9. The molecule has 0 aliphatic carbocycles. The summed E-state index contributed by atoms with van der Waals surface area (Å²) in [5.74, 6) is -1.21. The minimum atomic E-state index is -3.98. The van der Waals surface area contributed by atoms with Gasteiger partial charge in [-0.1, -0.05) is 127 Å². The summed E-state index contributed by atoms with van der Waals surface area (Å²) >= 11 is 0. The second-order valence-corrected chi connectivity index (χ2v) is 19.0. The number of fused-ring (bicyclic) bond motifs is 2. The average Bonchev–Trinajstić information content (AvgIpc) is 3.62. The van der Waals surface area contributed by atoms with Crippen LogP contribution >= 0.6 is 0 Å². The van der Waals surface area contributed by atoms with Crippen molar-refractivity contribution in [2.45, 2.75) is 36.7 Å². The van der Waals surface area contributed by atoms with Crippen molar-refractivity contribution < 1.29 is 35.9 Å². The number of ketones is 1. The Morgan fingerprint density at radius 2 is 1.02 bits per heavy atom. The first-order chi connectivity index (χ1) is 30.4. The van der Waals surface area contributed by atoms with E-state index >= 15 is 0 Å². The third-order valence-electron chi connectivity index (χ3n) is 11.1. The van der Waals surface area contributed by atoms with Crippen molar-refractivity contribution in [2.75, 3.05) is 0 Å². The Bertz CT molecular complexity index is 3130. The number of allylic oxidation sites excluding steroid dienone is 6. The van der Waals surface area contributed by atoms with E-state index in [4.69, 9.17) is 0 Å². The number of Topliss-reactive ketones (excluding diaryl/α,β-unsaturated/α-hetero) is 1. The first kappa shape index (κ1) is 42.4. The molecule has 5 aromatic carbocycles. The van der Waals surface area contributed by atoms with E-state index in [1.54, 1.807) is 54.6 Å². The fourth-order valence-corrected chi connectivity index (χ4v) is 10.6. The van der Waals surface area contributed by atoms with Crippen LogP contribution in [0.1, 0.15) is 43.7 Å². The van der Waals surface area contributed by atoms with E-state index in [1.807, 2.05) is 0 Å². The third-order valence-corrected chi connectivity index (χ3v) is 14.8. The van der Waals surface area contributed by atoms with E-state index in [2.05, 4.69) is 121 Å². The van der Waals surface area contributed by atoms with Gasteiger partial charge in [-0.25, -0.2) is 26.0 Å². The van der Waals surface area contributed by atoms with Crippen LogP contribution in [0, 0.1) is 13.8 Å². The molecule has 8 nitrogen and oxygen atoms in total. The fraction of sp³-hybridized carbons (Fsp3) is 0.0755. The second-order valence-electron chi connectivity index (χ2n) is 15.2. The van der Waals surface area contributed by atoms with Gasteiger partial charge in [-0.15, -0.1) is 0 Å². The summed E-state index contributed by atoms with van der Waals surface area (Å²) in [6, 6.07) is 46.7. The molecular formula is C53H43N2O6S2+. The molecule has 0 bridgehead atoms. The molecule has 0 amide bonds. The van der Waals surface area contributed by atoms with Crippen LogP contribution in [-0.2, 0) is 32.8 Å².